The number of aryl methyl sites for hydroxylation is 1. The summed E-state index contributed by atoms with van der Waals surface area (Å²) in [4.78, 5) is 34.5. The maximum Gasteiger partial charge on any atom is 0.297 e. The number of benzene rings is 2. The van der Waals surface area contributed by atoms with Crippen molar-refractivity contribution < 1.29 is 9.21 Å². The first-order valence-corrected chi connectivity index (χ1v) is 9.55. The summed E-state index contributed by atoms with van der Waals surface area (Å²) in [5.74, 6) is -0.171. The van der Waals surface area contributed by atoms with Gasteiger partial charge in [-0.2, -0.15) is 0 Å². The number of rotatable bonds is 4. The Bertz CT molecular complexity index is 1450. The van der Waals surface area contributed by atoms with E-state index in [2.05, 4.69) is 9.97 Å². The lowest BCUT2D eigenvalue weighted by Crippen LogP contribution is -2.24. The van der Waals surface area contributed by atoms with Gasteiger partial charge in [0.05, 0.1) is 24.0 Å². The molecule has 30 heavy (non-hydrogen) atoms. The molecule has 6 nitrogen and oxygen atoms in total. The summed E-state index contributed by atoms with van der Waals surface area (Å²) in [5.41, 5.74) is 3.71. The van der Waals surface area contributed by atoms with Gasteiger partial charge in [0.1, 0.15) is 5.52 Å². The summed E-state index contributed by atoms with van der Waals surface area (Å²) < 4.78 is 7.11. The number of fused-ring (bicyclic) bond motifs is 3. The molecule has 146 valence electrons. The molecule has 0 saturated carbocycles. The van der Waals surface area contributed by atoms with Gasteiger partial charge in [0.15, 0.2) is 5.78 Å². The average Bonchev–Trinajstić information content (AvgIpc) is 3.17. The van der Waals surface area contributed by atoms with Crippen LogP contribution in [0.15, 0.2) is 82.3 Å². The molecule has 2 aromatic carbocycles. The Labute approximate surface area is 171 Å². The Hall–Kier alpha value is -4.06. The van der Waals surface area contributed by atoms with Gasteiger partial charge in [0.2, 0.25) is 11.3 Å². The predicted molar refractivity (Wildman–Crippen MR) is 115 cm³/mol. The van der Waals surface area contributed by atoms with Crippen LogP contribution in [0.2, 0.25) is 0 Å². The second-order valence-corrected chi connectivity index (χ2v) is 7.12. The number of carbonyl (C=O) groups excluding carboxylic acids is 1. The van der Waals surface area contributed by atoms with Crippen molar-refractivity contribution in [2.75, 3.05) is 0 Å². The number of hydrogen-bond acceptors (Lipinski definition) is 5. The SMILES string of the molecule is Cc1cc(-c2ccccc2)nc2oc3c(=O)n(CC(=O)c4ccccc4)cnc3c12. The molecule has 5 rings (SSSR count). The minimum absolute atomic E-state index is 0.106. The van der Waals surface area contributed by atoms with E-state index in [1.54, 1.807) is 24.3 Å². The molecule has 3 heterocycles. The lowest BCUT2D eigenvalue weighted by Gasteiger charge is -2.04. The molecule has 0 aliphatic rings. The van der Waals surface area contributed by atoms with Crippen LogP contribution in [0.3, 0.4) is 0 Å². The fraction of sp³-hybridized carbons (Fsp3) is 0.0833. The van der Waals surface area contributed by atoms with Crippen LogP contribution in [0, 0.1) is 6.92 Å². The molecule has 0 fully saturated rings. The second kappa shape index (κ2) is 7.08. The molecule has 0 N–H and O–H groups in total. The molecule has 0 aliphatic heterocycles. The number of pyridine rings is 1. The third-order valence-electron chi connectivity index (χ3n) is 5.09. The molecular weight excluding hydrogens is 378 g/mol. The first-order valence-electron chi connectivity index (χ1n) is 9.55. The van der Waals surface area contributed by atoms with Crippen molar-refractivity contribution in [3.63, 3.8) is 0 Å². The molecular formula is C24H17N3O3. The standard InChI is InChI=1S/C24H17N3O3/c1-15-12-18(16-8-4-2-5-9-16)26-23-20(15)21-22(30-23)24(29)27(14-25-21)13-19(28)17-10-6-3-7-11-17/h2-12,14H,13H2,1H3. The maximum absolute atomic E-state index is 13.0. The highest BCUT2D eigenvalue weighted by Gasteiger charge is 2.18. The fourth-order valence-electron chi connectivity index (χ4n) is 3.58. The lowest BCUT2D eigenvalue weighted by atomic mass is 10.1. The van der Waals surface area contributed by atoms with Crippen molar-refractivity contribution in [2.24, 2.45) is 0 Å². The molecule has 5 aromatic rings. The van der Waals surface area contributed by atoms with Crippen LogP contribution in [0.4, 0.5) is 0 Å². The average molecular weight is 395 g/mol. The van der Waals surface area contributed by atoms with Crippen LogP contribution in [-0.2, 0) is 6.54 Å². The molecule has 0 bridgehead atoms. The zero-order valence-corrected chi connectivity index (χ0v) is 16.2. The second-order valence-electron chi connectivity index (χ2n) is 7.12. The first-order chi connectivity index (χ1) is 14.6. The Morgan fingerprint density at radius 2 is 1.73 bits per heavy atom. The van der Waals surface area contributed by atoms with E-state index in [0.717, 1.165) is 16.8 Å². The number of Topliss-reactive ketones (excluding diaryl/α,β-unsaturated/α-hetero) is 1. The molecule has 0 saturated heterocycles. The van der Waals surface area contributed by atoms with Crippen LogP contribution in [0.25, 0.3) is 33.5 Å². The third-order valence-corrected chi connectivity index (χ3v) is 5.09. The first kappa shape index (κ1) is 18.0. The molecule has 6 heteroatoms. The Morgan fingerprint density at radius 3 is 2.47 bits per heavy atom. The summed E-state index contributed by atoms with van der Waals surface area (Å²) in [6.45, 7) is 1.84. The van der Waals surface area contributed by atoms with Gasteiger partial charge < -0.3 is 4.42 Å². The minimum atomic E-state index is -0.400. The number of aromatic nitrogens is 3. The van der Waals surface area contributed by atoms with Gasteiger partial charge in [-0.3, -0.25) is 14.2 Å². The van der Waals surface area contributed by atoms with Crippen LogP contribution >= 0.6 is 0 Å². The molecule has 0 amide bonds. The number of ketones is 1. The molecule has 0 radical (unpaired) electrons. The number of carbonyl (C=O) groups is 1. The van der Waals surface area contributed by atoms with Crippen LogP contribution in [-0.4, -0.2) is 20.3 Å². The maximum atomic E-state index is 13.0. The van der Waals surface area contributed by atoms with Gasteiger partial charge in [0.25, 0.3) is 5.56 Å². The topological polar surface area (TPSA) is 78.0 Å². The highest BCUT2D eigenvalue weighted by Crippen LogP contribution is 2.30. The van der Waals surface area contributed by atoms with Crippen molar-refractivity contribution in [3.05, 3.63) is 94.5 Å². The summed E-state index contributed by atoms with van der Waals surface area (Å²) in [6, 6.07) is 20.6. The van der Waals surface area contributed by atoms with E-state index in [0.29, 0.717) is 22.2 Å². The Kier molecular flexibility index (Phi) is 4.25. The van der Waals surface area contributed by atoms with E-state index in [-0.39, 0.29) is 17.9 Å². The van der Waals surface area contributed by atoms with Crippen molar-refractivity contribution in [2.45, 2.75) is 13.5 Å². The summed E-state index contributed by atoms with van der Waals surface area (Å²) >= 11 is 0. The normalized spacial score (nSPS) is 11.2. The zero-order valence-electron chi connectivity index (χ0n) is 16.2. The van der Waals surface area contributed by atoms with E-state index < -0.39 is 5.56 Å². The van der Waals surface area contributed by atoms with Crippen LogP contribution < -0.4 is 5.56 Å². The van der Waals surface area contributed by atoms with Gasteiger partial charge in [-0.05, 0) is 18.6 Å². The van der Waals surface area contributed by atoms with Gasteiger partial charge >= 0.3 is 0 Å². The van der Waals surface area contributed by atoms with E-state index in [1.165, 1.54) is 10.9 Å². The highest BCUT2D eigenvalue weighted by atomic mass is 16.3. The molecule has 0 aliphatic carbocycles. The molecule has 3 aromatic heterocycles. The zero-order chi connectivity index (χ0) is 20.7. The summed E-state index contributed by atoms with van der Waals surface area (Å²) in [5, 5.41) is 0.711. The minimum Gasteiger partial charge on any atom is -0.430 e. The number of nitrogens with zero attached hydrogens (tertiary/aromatic N) is 3. The van der Waals surface area contributed by atoms with Gasteiger partial charge in [-0.25, -0.2) is 9.97 Å². The van der Waals surface area contributed by atoms with Gasteiger partial charge in [-0.1, -0.05) is 60.7 Å². The monoisotopic (exact) mass is 395 g/mol. The molecule has 0 atom stereocenters. The highest BCUT2D eigenvalue weighted by molar-refractivity contribution is 6.03. The van der Waals surface area contributed by atoms with Crippen molar-refractivity contribution in [1.29, 1.82) is 0 Å². The molecule has 0 spiro atoms. The van der Waals surface area contributed by atoms with E-state index in [1.807, 2.05) is 49.4 Å². The smallest absolute Gasteiger partial charge is 0.297 e. The Balaban J connectivity index is 1.61. The van der Waals surface area contributed by atoms with Gasteiger partial charge in [0, 0.05) is 11.1 Å². The van der Waals surface area contributed by atoms with E-state index in [9.17, 15) is 9.59 Å². The van der Waals surface area contributed by atoms with E-state index >= 15 is 0 Å². The van der Waals surface area contributed by atoms with E-state index in [4.69, 9.17) is 4.42 Å². The predicted octanol–water partition coefficient (Wildman–Crippen LogP) is 4.40. The van der Waals surface area contributed by atoms with Crippen LogP contribution in [0.1, 0.15) is 15.9 Å². The van der Waals surface area contributed by atoms with Crippen molar-refractivity contribution in [3.8, 4) is 11.3 Å². The fourth-order valence-corrected chi connectivity index (χ4v) is 3.58. The van der Waals surface area contributed by atoms with Gasteiger partial charge in [-0.15, -0.1) is 0 Å². The van der Waals surface area contributed by atoms with Crippen molar-refractivity contribution in [1.82, 2.24) is 14.5 Å². The largest absolute Gasteiger partial charge is 0.430 e. The summed E-state index contributed by atoms with van der Waals surface area (Å²) in [7, 11) is 0. The van der Waals surface area contributed by atoms with Crippen LogP contribution in [0.5, 0.6) is 0 Å². The van der Waals surface area contributed by atoms with Crippen molar-refractivity contribution >= 4 is 28.0 Å². The number of furan rings is 1. The quantitative estimate of drug-likeness (QED) is 0.422. The lowest BCUT2D eigenvalue weighted by molar-refractivity contribution is 0.0970. The third kappa shape index (κ3) is 2.99. The molecule has 0 unspecified atom stereocenters. The summed E-state index contributed by atoms with van der Waals surface area (Å²) in [6.07, 6.45) is 1.39. The number of hydrogen-bond donors (Lipinski definition) is 0. The Morgan fingerprint density at radius 1 is 1.03 bits per heavy atom.